The third-order valence-electron chi connectivity index (χ3n) is 4.20. The maximum atomic E-state index is 12.9. The van der Waals surface area contributed by atoms with Crippen LogP contribution >= 0.6 is 11.3 Å². The summed E-state index contributed by atoms with van der Waals surface area (Å²) in [6.45, 7) is 4.87. The predicted octanol–water partition coefficient (Wildman–Crippen LogP) is 3.77. The molecule has 6 heteroatoms. The van der Waals surface area contributed by atoms with Gasteiger partial charge in [-0.05, 0) is 35.9 Å². The monoisotopic (exact) mass is 369 g/mol. The van der Waals surface area contributed by atoms with E-state index in [0.717, 1.165) is 22.7 Å². The molecular weight excluding hydrogens is 346 g/mol. The van der Waals surface area contributed by atoms with E-state index in [0.29, 0.717) is 18.2 Å². The Hall–Kier alpha value is -2.47. The topological polar surface area (TPSA) is 61.8 Å². The SMILES string of the molecule is CC(C)CCNC(=O)CN1C(=O)CC(c2cccs2)=Nc2ccccc21. The second-order valence-electron chi connectivity index (χ2n) is 6.71. The minimum Gasteiger partial charge on any atom is -0.355 e. The number of rotatable bonds is 6. The Labute approximate surface area is 157 Å². The van der Waals surface area contributed by atoms with Crippen LogP contribution in [0, 0.1) is 5.92 Å². The number of thiophene rings is 1. The van der Waals surface area contributed by atoms with E-state index < -0.39 is 0 Å². The number of anilines is 1. The number of aliphatic imine (C=N–C) groups is 1. The number of nitrogens with one attached hydrogen (secondary N) is 1. The molecule has 0 fully saturated rings. The molecule has 1 N–H and O–H groups in total. The highest BCUT2D eigenvalue weighted by Gasteiger charge is 2.26. The summed E-state index contributed by atoms with van der Waals surface area (Å²) < 4.78 is 0. The van der Waals surface area contributed by atoms with E-state index in [-0.39, 0.29) is 24.8 Å². The van der Waals surface area contributed by atoms with Crippen LogP contribution in [0.5, 0.6) is 0 Å². The van der Waals surface area contributed by atoms with Crippen molar-refractivity contribution in [2.75, 3.05) is 18.0 Å². The van der Waals surface area contributed by atoms with Crippen LogP contribution in [-0.2, 0) is 9.59 Å². The lowest BCUT2D eigenvalue weighted by molar-refractivity contribution is -0.123. The van der Waals surface area contributed by atoms with E-state index in [1.165, 1.54) is 0 Å². The number of carbonyl (C=O) groups is 2. The van der Waals surface area contributed by atoms with Crippen molar-refractivity contribution in [3.8, 4) is 0 Å². The van der Waals surface area contributed by atoms with Crippen LogP contribution in [0.1, 0.15) is 31.6 Å². The zero-order valence-electron chi connectivity index (χ0n) is 15.1. The zero-order valence-corrected chi connectivity index (χ0v) is 15.9. The number of hydrogen-bond donors (Lipinski definition) is 1. The Balaban J connectivity index is 1.81. The molecule has 3 rings (SSSR count). The van der Waals surface area contributed by atoms with Crippen molar-refractivity contribution in [1.29, 1.82) is 0 Å². The standard InChI is InChI=1S/C20H23N3O2S/c1-14(2)9-10-21-19(24)13-23-17-7-4-3-6-15(17)22-16(12-20(23)25)18-8-5-11-26-18/h3-8,11,14H,9-10,12-13H2,1-2H3,(H,21,24). The maximum absolute atomic E-state index is 12.9. The lowest BCUT2D eigenvalue weighted by atomic mass is 10.1. The van der Waals surface area contributed by atoms with Crippen LogP contribution in [0.4, 0.5) is 11.4 Å². The number of fused-ring (bicyclic) bond motifs is 1. The highest BCUT2D eigenvalue weighted by Crippen LogP contribution is 2.33. The number of benzene rings is 1. The molecule has 0 saturated heterocycles. The van der Waals surface area contributed by atoms with Gasteiger partial charge in [-0.15, -0.1) is 11.3 Å². The minimum absolute atomic E-state index is 0.0151. The summed E-state index contributed by atoms with van der Waals surface area (Å²) in [7, 11) is 0. The fraction of sp³-hybridized carbons (Fsp3) is 0.350. The molecular formula is C20H23N3O2S. The summed E-state index contributed by atoms with van der Waals surface area (Å²) in [6.07, 6.45) is 1.11. The first-order chi connectivity index (χ1) is 12.5. The molecule has 0 atom stereocenters. The number of carbonyl (C=O) groups excluding carboxylic acids is 2. The van der Waals surface area contributed by atoms with Gasteiger partial charge in [0.1, 0.15) is 6.54 Å². The first-order valence-electron chi connectivity index (χ1n) is 8.82. The van der Waals surface area contributed by atoms with E-state index >= 15 is 0 Å². The molecule has 1 aromatic heterocycles. The summed E-state index contributed by atoms with van der Waals surface area (Å²) in [6, 6.07) is 11.4. The lowest BCUT2D eigenvalue weighted by Gasteiger charge is -2.22. The first-order valence-corrected chi connectivity index (χ1v) is 9.70. The fourth-order valence-electron chi connectivity index (χ4n) is 2.80. The molecule has 1 aromatic carbocycles. The molecule has 1 aliphatic heterocycles. The number of amides is 2. The van der Waals surface area contributed by atoms with Gasteiger partial charge in [0.25, 0.3) is 0 Å². The molecule has 5 nitrogen and oxygen atoms in total. The van der Waals surface area contributed by atoms with E-state index in [1.54, 1.807) is 16.2 Å². The van der Waals surface area contributed by atoms with Crippen LogP contribution in [0.15, 0.2) is 46.8 Å². The lowest BCUT2D eigenvalue weighted by Crippen LogP contribution is -2.41. The molecule has 2 heterocycles. The van der Waals surface area contributed by atoms with Crippen molar-refractivity contribution in [2.24, 2.45) is 10.9 Å². The second-order valence-corrected chi connectivity index (χ2v) is 7.66. The van der Waals surface area contributed by atoms with Gasteiger partial charge in [0.05, 0.1) is 23.5 Å². The molecule has 136 valence electrons. The Bertz CT molecular complexity index is 812. The van der Waals surface area contributed by atoms with Gasteiger partial charge in [-0.25, -0.2) is 4.99 Å². The van der Waals surface area contributed by atoms with E-state index in [9.17, 15) is 9.59 Å². The van der Waals surface area contributed by atoms with Crippen LogP contribution in [0.25, 0.3) is 0 Å². The average molecular weight is 369 g/mol. The summed E-state index contributed by atoms with van der Waals surface area (Å²) in [5.41, 5.74) is 2.15. The molecule has 0 aliphatic carbocycles. The maximum Gasteiger partial charge on any atom is 0.240 e. The quantitative estimate of drug-likeness (QED) is 0.842. The van der Waals surface area contributed by atoms with Crippen molar-refractivity contribution in [1.82, 2.24) is 5.32 Å². The summed E-state index contributed by atoms with van der Waals surface area (Å²) in [5.74, 6) is 0.270. The molecule has 0 saturated carbocycles. The third-order valence-corrected chi connectivity index (χ3v) is 5.12. The van der Waals surface area contributed by atoms with Gasteiger partial charge in [-0.2, -0.15) is 0 Å². The van der Waals surface area contributed by atoms with Gasteiger partial charge in [-0.1, -0.05) is 32.0 Å². The Morgan fingerprint density at radius 1 is 1.27 bits per heavy atom. The average Bonchev–Trinajstić information content (AvgIpc) is 3.09. The molecule has 0 bridgehead atoms. The van der Waals surface area contributed by atoms with Gasteiger partial charge >= 0.3 is 0 Å². The summed E-state index contributed by atoms with van der Waals surface area (Å²) in [4.78, 5) is 32.4. The van der Waals surface area contributed by atoms with Crippen molar-refractivity contribution < 1.29 is 9.59 Å². The van der Waals surface area contributed by atoms with Crippen LogP contribution in [-0.4, -0.2) is 30.6 Å². The molecule has 1 aliphatic rings. The van der Waals surface area contributed by atoms with Gasteiger partial charge in [0.15, 0.2) is 0 Å². The van der Waals surface area contributed by atoms with Gasteiger partial charge in [0, 0.05) is 11.4 Å². The van der Waals surface area contributed by atoms with Crippen molar-refractivity contribution in [3.05, 3.63) is 46.7 Å². The summed E-state index contributed by atoms with van der Waals surface area (Å²) >= 11 is 1.56. The van der Waals surface area contributed by atoms with E-state index in [1.807, 2.05) is 41.8 Å². The van der Waals surface area contributed by atoms with Crippen molar-refractivity contribution >= 4 is 40.2 Å². The van der Waals surface area contributed by atoms with Gasteiger partial charge in [0.2, 0.25) is 11.8 Å². The largest absolute Gasteiger partial charge is 0.355 e. The van der Waals surface area contributed by atoms with E-state index in [2.05, 4.69) is 19.2 Å². The molecule has 2 amide bonds. The minimum atomic E-state index is -0.145. The third kappa shape index (κ3) is 4.38. The highest BCUT2D eigenvalue weighted by molar-refractivity contribution is 7.12. The number of hydrogen-bond acceptors (Lipinski definition) is 4. The zero-order chi connectivity index (χ0) is 18.5. The Morgan fingerprint density at radius 2 is 2.08 bits per heavy atom. The number of nitrogens with zero attached hydrogens (tertiary/aromatic N) is 2. The van der Waals surface area contributed by atoms with Crippen LogP contribution < -0.4 is 10.2 Å². The van der Waals surface area contributed by atoms with Crippen molar-refractivity contribution in [3.63, 3.8) is 0 Å². The fourth-order valence-corrected chi connectivity index (χ4v) is 3.52. The first kappa shape index (κ1) is 18.3. The van der Waals surface area contributed by atoms with E-state index in [4.69, 9.17) is 4.99 Å². The Kier molecular flexibility index (Phi) is 5.83. The smallest absolute Gasteiger partial charge is 0.240 e. The van der Waals surface area contributed by atoms with Crippen LogP contribution in [0.3, 0.4) is 0 Å². The molecule has 0 unspecified atom stereocenters. The molecule has 2 aromatic rings. The number of para-hydroxylation sites is 2. The molecule has 0 radical (unpaired) electrons. The normalized spacial score (nSPS) is 14.0. The van der Waals surface area contributed by atoms with Gasteiger partial charge in [-0.3, -0.25) is 9.59 Å². The summed E-state index contributed by atoms with van der Waals surface area (Å²) in [5, 5.41) is 4.87. The van der Waals surface area contributed by atoms with Crippen LogP contribution in [0.2, 0.25) is 0 Å². The molecule has 0 spiro atoms. The molecule has 26 heavy (non-hydrogen) atoms. The second kappa shape index (κ2) is 8.27. The predicted molar refractivity (Wildman–Crippen MR) is 106 cm³/mol. The van der Waals surface area contributed by atoms with Crippen molar-refractivity contribution in [2.45, 2.75) is 26.7 Å². The highest BCUT2D eigenvalue weighted by atomic mass is 32.1. The van der Waals surface area contributed by atoms with Gasteiger partial charge < -0.3 is 10.2 Å². The Morgan fingerprint density at radius 3 is 2.81 bits per heavy atom.